The molecule has 2 fully saturated rings. The van der Waals surface area contributed by atoms with Gasteiger partial charge in [0, 0.05) is 31.7 Å². The van der Waals surface area contributed by atoms with E-state index in [1.165, 1.54) is 4.90 Å². The first-order chi connectivity index (χ1) is 13.0. The maximum atomic E-state index is 12.5. The summed E-state index contributed by atoms with van der Waals surface area (Å²) in [5.74, 6) is 0. The lowest BCUT2D eigenvalue weighted by atomic mass is 10.0. The Morgan fingerprint density at radius 3 is 2.48 bits per heavy atom. The van der Waals surface area contributed by atoms with Crippen LogP contribution in [0.15, 0.2) is 24.3 Å². The normalized spacial score (nSPS) is 21.1. The molecule has 0 bridgehead atoms. The second kappa shape index (κ2) is 8.67. The molecule has 2 heterocycles. The third kappa shape index (κ3) is 4.75. The van der Waals surface area contributed by atoms with E-state index in [2.05, 4.69) is 22.0 Å². The number of imide groups is 1. The molecule has 0 saturated carbocycles. The first-order valence-electron chi connectivity index (χ1n) is 9.49. The van der Waals surface area contributed by atoms with Gasteiger partial charge in [0.15, 0.2) is 6.29 Å². The van der Waals surface area contributed by atoms with Gasteiger partial charge in [-0.1, -0.05) is 29.8 Å². The van der Waals surface area contributed by atoms with Crippen molar-refractivity contribution in [1.82, 2.24) is 25.8 Å². The van der Waals surface area contributed by atoms with Crippen molar-refractivity contribution in [2.75, 3.05) is 26.3 Å². The molecular weight excluding hydrogens is 349 g/mol. The van der Waals surface area contributed by atoms with Gasteiger partial charge < -0.3 is 15.5 Å². The van der Waals surface area contributed by atoms with Crippen LogP contribution in [0, 0.1) is 6.92 Å². The third-order valence-electron chi connectivity index (χ3n) is 5.26. The second-order valence-corrected chi connectivity index (χ2v) is 7.27. The summed E-state index contributed by atoms with van der Waals surface area (Å²) in [6, 6.07) is 7.11. The zero-order chi connectivity index (χ0) is 19.4. The summed E-state index contributed by atoms with van der Waals surface area (Å²) >= 11 is 0. The summed E-state index contributed by atoms with van der Waals surface area (Å²) in [7, 11) is 0. The van der Waals surface area contributed by atoms with Crippen LogP contribution < -0.4 is 16.0 Å². The molecule has 0 aromatic heterocycles. The number of likely N-dealkylation sites (tertiary alicyclic amines) is 1. The molecule has 0 aliphatic carbocycles. The minimum absolute atomic E-state index is 0.0361. The van der Waals surface area contributed by atoms with Gasteiger partial charge >= 0.3 is 12.1 Å². The molecule has 3 rings (SSSR count). The van der Waals surface area contributed by atoms with E-state index in [-0.39, 0.29) is 18.8 Å². The van der Waals surface area contributed by atoms with Crippen LogP contribution in [0.4, 0.5) is 14.0 Å². The van der Waals surface area contributed by atoms with E-state index in [1.54, 1.807) is 0 Å². The van der Waals surface area contributed by atoms with Gasteiger partial charge in [-0.25, -0.2) is 18.9 Å². The number of rotatable bonds is 6. The fourth-order valence-electron chi connectivity index (χ4n) is 3.74. The molecule has 1 aromatic rings. The van der Waals surface area contributed by atoms with Crippen LogP contribution >= 0.6 is 0 Å². The Kier molecular flexibility index (Phi) is 6.28. The Balaban J connectivity index is 1.56. The lowest BCUT2D eigenvalue weighted by Crippen LogP contribution is -2.70. The first kappa shape index (κ1) is 19.6. The number of urea groups is 2. The number of halogens is 1. The number of piperidine rings is 1. The Labute approximate surface area is 159 Å². The van der Waals surface area contributed by atoms with E-state index in [9.17, 15) is 14.0 Å². The Morgan fingerprint density at radius 2 is 1.89 bits per heavy atom. The summed E-state index contributed by atoms with van der Waals surface area (Å²) in [6.45, 7) is 5.43. The van der Waals surface area contributed by atoms with Crippen LogP contribution in [-0.4, -0.2) is 60.5 Å². The summed E-state index contributed by atoms with van der Waals surface area (Å²) in [5, 5.41) is 8.86. The van der Waals surface area contributed by atoms with Crippen molar-refractivity contribution < 1.29 is 14.0 Å². The van der Waals surface area contributed by atoms with E-state index in [1.807, 2.05) is 36.9 Å². The van der Waals surface area contributed by atoms with E-state index in [0.29, 0.717) is 32.5 Å². The number of hydrogen-bond donors (Lipinski definition) is 3. The zero-order valence-corrected chi connectivity index (χ0v) is 15.9. The highest BCUT2D eigenvalue weighted by molar-refractivity contribution is 5.96. The molecule has 148 valence electrons. The van der Waals surface area contributed by atoms with Crippen LogP contribution in [0.1, 0.15) is 36.9 Å². The molecule has 0 radical (unpaired) electrons. The predicted octanol–water partition coefficient (Wildman–Crippen LogP) is 2.10. The van der Waals surface area contributed by atoms with Gasteiger partial charge in [-0.15, -0.1) is 0 Å². The zero-order valence-electron chi connectivity index (χ0n) is 15.9. The minimum Gasteiger partial charge on any atom is -0.304 e. The Morgan fingerprint density at radius 1 is 1.22 bits per heavy atom. The lowest BCUT2D eigenvalue weighted by Gasteiger charge is -2.41. The first-order valence-corrected chi connectivity index (χ1v) is 9.49. The Bertz CT molecular complexity index is 660. The van der Waals surface area contributed by atoms with Gasteiger partial charge in [-0.2, -0.15) is 0 Å². The molecule has 27 heavy (non-hydrogen) atoms. The highest BCUT2D eigenvalue weighted by atomic mass is 19.1. The molecule has 2 aliphatic heterocycles. The average molecular weight is 377 g/mol. The van der Waals surface area contributed by atoms with Crippen molar-refractivity contribution in [2.24, 2.45) is 0 Å². The summed E-state index contributed by atoms with van der Waals surface area (Å²) in [6.07, 6.45) is 0.709. The standard InChI is InChI=1S/C19H28FN5O2/c1-13-4-3-5-15(12-13)14(2)21-17-22-18(26)25(19(27)23-17)16-6-9-24(10-7-16)11-8-20/h3-5,12,14,16-17,21H,6-11H2,1-2H3,(H,22,26)(H,23,27)/t14-/m0/s1. The van der Waals surface area contributed by atoms with Crippen LogP contribution in [0.25, 0.3) is 0 Å². The van der Waals surface area contributed by atoms with E-state index in [4.69, 9.17) is 0 Å². The van der Waals surface area contributed by atoms with Gasteiger partial charge in [-0.05, 0) is 32.3 Å². The molecule has 0 unspecified atom stereocenters. The average Bonchev–Trinajstić information content (AvgIpc) is 2.63. The van der Waals surface area contributed by atoms with Gasteiger partial charge in [0.25, 0.3) is 0 Å². The van der Waals surface area contributed by atoms with Crippen molar-refractivity contribution in [3.05, 3.63) is 35.4 Å². The fraction of sp³-hybridized carbons (Fsp3) is 0.579. The molecular formula is C19H28FN5O2. The fourth-order valence-corrected chi connectivity index (χ4v) is 3.74. The molecule has 8 heteroatoms. The number of hydrogen-bond acceptors (Lipinski definition) is 4. The predicted molar refractivity (Wildman–Crippen MR) is 101 cm³/mol. The van der Waals surface area contributed by atoms with E-state index in [0.717, 1.165) is 11.1 Å². The number of nitrogens with zero attached hydrogens (tertiary/aromatic N) is 2. The maximum absolute atomic E-state index is 12.5. The third-order valence-corrected chi connectivity index (χ3v) is 5.26. The topological polar surface area (TPSA) is 76.7 Å². The number of benzene rings is 1. The number of nitrogens with one attached hydrogen (secondary N) is 3. The van der Waals surface area contributed by atoms with Crippen molar-refractivity contribution in [3.63, 3.8) is 0 Å². The summed E-state index contributed by atoms with van der Waals surface area (Å²) in [5.41, 5.74) is 2.24. The largest absolute Gasteiger partial charge is 0.328 e. The molecule has 1 atom stereocenters. The van der Waals surface area contributed by atoms with Gasteiger partial charge in [0.1, 0.15) is 6.67 Å². The molecule has 3 N–H and O–H groups in total. The van der Waals surface area contributed by atoms with E-state index < -0.39 is 18.4 Å². The van der Waals surface area contributed by atoms with E-state index >= 15 is 0 Å². The second-order valence-electron chi connectivity index (χ2n) is 7.27. The monoisotopic (exact) mass is 377 g/mol. The number of amides is 4. The molecule has 1 aromatic carbocycles. The smallest absolute Gasteiger partial charge is 0.304 e. The highest BCUT2D eigenvalue weighted by Crippen LogP contribution is 2.19. The maximum Gasteiger partial charge on any atom is 0.328 e. The Hall–Kier alpha value is -2.19. The molecule has 7 nitrogen and oxygen atoms in total. The summed E-state index contributed by atoms with van der Waals surface area (Å²) in [4.78, 5) is 28.4. The van der Waals surface area contributed by atoms with Crippen LogP contribution in [-0.2, 0) is 0 Å². The quantitative estimate of drug-likeness (QED) is 0.710. The molecule has 0 spiro atoms. The van der Waals surface area contributed by atoms with Gasteiger partial charge in [0.05, 0.1) is 0 Å². The lowest BCUT2D eigenvalue weighted by molar-refractivity contribution is 0.108. The number of aryl methyl sites for hydroxylation is 1. The van der Waals surface area contributed by atoms with Crippen LogP contribution in [0.2, 0.25) is 0 Å². The minimum atomic E-state index is -0.622. The van der Waals surface area contributed by atoms with Gasteiger partial charge in [-0.3, -0.25) is 5.32 Å². The van der Waals surface area contributed by atoms with Crippen molar-refractivity contribution in [2.45, 2.75) is 45.1 Å². The highest BCUT2D eigenvalue weighted by Gasteiger charge is 2.38. The number of alkyl halides is 1. The number of carbonyl (C=O) groups is 2. The summed E-state index contributed by atoms with van der Waals surface area (Å²) < 4.78 is 12.5. The molecule has 4 amide bonds. The van der Waals surface area contributed by atoms with Crippen molar-refractivity contribution in [3.8, 4) is 0 Å². The van der Waals surface area contributed by atoms with Crippen LogP contribution in [0.3, 0.4) is 0 Å². The molecule has 2 saturated heterocycles. The molecule has 2 aliphatic rings. The van der Waals surface area contributed by atoms with Crippen LogP contribution in [0.5, 0.6) is 0 Å². The van der Waals surface area contributed by atoms with Crippen molar-refractivity contribution >= 4 is 12.1 Å². The van der Waals surface area contributed by atoms with Gasteiger partial charge in [0.2, 0.25) is 0 Å². The number of carbonyl (C=O) groups excluding carboxylic acids is 2. The SMILES string of the molecule is Cc1cccc([C@H](C)NC2NC(=O)N(C3CCN(CCF)CC3)C(=O)N2)c1. The van der Waals surface area contributed by atoms with Crippen molar-refractivity contribution in [1.29, 1.82) is 0 Å².